The number of hydrogen-bond acceptors (Lipinski definition) is 6. The van der Waals surface area contributed by atoms with E-state index in [1.54, 1.807) is 0 Å². The first kappa shape index (κ1) is 36.2. The Morgan fingerprint density at radius 2 is 0.808 bits per heavy atom. The molecule has 0 saturated heterocycles. The highest BCUT2D eigenvalue weighted by atomic mass is 35.5. The van der Waals surface area contributed by atoms with E-state index >= 15 is 0 Å². The minimum Gasteiger partial charge on any atom is -0.369 e. The Morgan fingerprint density at radius 1 is 0.538 bits per heavy atom. The van der Waals surface area contributed by atoms with Crippen LogP contribution in [0.5, 0.6) is 0 Å². The first-order chi connectivity index (χ1) is 10.5. The Morgan fingerprint density at radius 3 is 1.04 bits per heavy atom. The molecule has 162 valence electrons. The van der Waals surface area contributed by atoms with E-state index in [9.17, 15) is 0 Å². The molecule has 0 atom stereocenters. The minimum atomic E-state index is 0. The monoisotopic (exact) mass is 460 g/mol. The summed E-state index contributed by atoms with van der Waals surface area (Å²) in [6, 6.07) is 0. The van der Waals surface area contributed by atoms with Crippen LogP contribution in [-0.2, 0) is 0 Å². The summed E-state index contributed by atoms with van der Waals surface area (Å²) in [6.45, 7) is 4.19. The summed E-state index contributed by atoms with van der Waals surface area (Å²) in [5.41, 5.74) is 32.7. The fraction of sp³-hybridized carbons (Fsp3) is 0.833. The summed E-state index contributed by atoms with van der Waals surface area (Å²) in [5, 5.41) is 11.8. The molecule has 0 bridgehead atoms. The number of nitrogens with two attached hydrogens (primary N) is 6. The topological polar surface area (TPSA) is 187 Å². The van der Waals surface area contributed by atoms with E-state index in [2.05, 4.69) is 10.2 Å². The second-order valence-electron chi connectivity index (χ2n) is 4.95. The van der Waals surface area contributed by atoms with Gasteiger partial charge in [0.25, 0.3) is 0 Å². The molecule has 0 rings (SSSR count). The molecule has 0 aromatic rings. The zero-order valence-corrected chi connectivity index (χ0v) is 18.2. The van der Waals surface area contributed by atoms with E-state index in [1.165, 1.54) is 0 Å². The summed E-state index contributed by atoms with van der Waals surface area (Å²) in [7, 11) is 0. The molecule has 0 heterocycles. The zero-order chi connectivity index (χ0) is 16.8. The number of halogens is 4. The van der Waals surface area contributed by atoms with Gasteiger partial charge >= 0.3 is 0 Å². The molecular weight excluding hydrogens is 426 g/mol. The molecule has 0 unspecified atom stereocenters. The summed E-state index contributed by atoms with van der Waals surface area (Å²) in [5.74, 6) is 0.115. The first-order valence-electron chi connectivity index (χ1n) is 7.58. The smallest absolute Gasteiger partial charge is 0.208 e. The third kappa shape index (κ3) is 23.2. The van der Waals surface area contributed by atoms with Gasteiger partial charge in [0.05, 0.1) is 0 Å². The van der Waals surface area contributed by atoms with E-state index in [-0.39, 0.29) is 61.5 Å². The van der Waals surface area contributed by atoms with E-state index in [1.807, 2.05) is 10.0 Å². The fourth-order valence-electron chi connectivity index (χ4n) is 1.89. The Labute approximate surface area is 181 Å². The number of rotatable bonds is 13. The SMILES string of the molecule is Cl.Cl.Cl.Cl.NCCCN(CCCCN(CCCN)N=C(N)N)N=C(N)N. The standard InChI is InChI=1S/C12H32N10.4ClH/c13-5-3-9-21(19-11(15)16)7-1-2-8-22(10-4-6-14)20-12(17)18;;;;/h1-10,13-14H2,(H4,15,16,19)(H4,17,18,20);4*1H. The Hall–Kier alpha value is -0.780. The molecule has 0 aliphatic carbocycles. The molecule has 0 aromatic heterocycles. The van der Waals surface area contributed by atoms with Crippen molar-refractivity contribution in [1.29, 1.82) is 0 Å². The van der Waals surface area contributed by atoms with Gasteiger partial charge in [-0.2, -0.15) is 0 Å². The van der Waals surface area contributed by atoms with Gasteiger partial charge in [-0.25, -0.2) is 0 Å². The largest absolute Gasteiger partial charge is 0.369 e. The fourth-order valence-corrected chi connectivity index (χ4v) is 1.89. The molecule has 12 N–H and O–H groups in total. The van der Waals surface area contributed by atoms with E-state index in [0.717, 1.165) is 51.9 Å². The minimum absolute atomic E-state index is 0. The number of hydrazone groups is 2. The molecular formula is C12H36Cl4N10. The Bertz CT molecular complexity index is 306. The molecule has 0 saturated carbocycles. The number of guanidine groups is 2. The van der Waals surface area contributed by atoms with Crippen molar-refractivity contribution in [2.75, 3.05) is 39.3 Å². The maximum Gasteiger partial charge on any atom is 0.208 e. The molecule has 26 heavy (non-hydrogen) atoms. The second-order valence-corrected chi connectivity index (χ2v) is 4.95. The first-order valence-corrected chi connectivity index (χ1v) is 7.58. The van der Waals surface area contributed by atoms with Crippen LogP contribution in [0.25, 0.3) is 0 Å². The van der Waals surface area contributed by atoms with Crippen molar-refractivity contribution in [3.05, 3.63) is 0 Å². The van der Waals surface area contributed by atoms with Crippen molar-refractivity contribution in [2.24, 2.45) is 44.6 Å². The number of nitrogens with zero attached hydrogens (tertiary/aromatic N) is 4. The third-order valence-electron chi connectivity index (χ3n) is 2.84. The van der Waals surface area contributed by atoms with Crippen molar-refractivity contribution in [2.45, 2.75) is 25.7 Å². The normalized spacial score (nSPS) is 8.54. The van der Waals surface area contributed by atoms with Crippen molar-refractivity contribution < 1.29 is 0 Å². The average molecular weight is 462 g/mol. The molecule has 0 aliphatic heterocycles. The van der Waals surface area contributed by atoms with Crippen LogP contribution in [0.3, 0.4) is 0 Å². The van der Waals surface area contributed by atoms with Crippen LogP contribution in [0.2, 0.25) is 0 Å². The van der Waals surface area contributed by atoms with Gasteiger partial charge in [0, 0.05) is 26.2 Å². The lowest BCUT2D eigenvalue weighted by atomic mass is 10.3. The number of unbranched alkanes of at least 4 members (excludes halogenated alkanes) is 1. The molecule has 0 radical (unpaired) electrons. The Kier molecular flexibility index (Phi) is 33.7. The van der Waals surface area contributed by atoms with Gasteiger partial charge in [0.15, 0.2) is 0 Å². The Balaban J connectivity index is -0.000000367. The van der Waals surface area contributed by atoms with Crippen molar-refractivity contribution >= 4 is 61.5 Å². The van der Waals surface area contributed by atoms with Gasteiger partial charge in [-0.3, -0.25) is 10.0 Å². The van der Waals surface area contributed by atoms with Crippen molar-refractivity contribution in [3.8, 4) is 0 Å². The quantitative estimate of drug-likeness (QED) is 0.0882. The van der Waals surface area contributed by atoms with Crippen LogP contribution in [0.1, 0.15) is 25.7 Å². The molecule has 0 amide bonds. The highest BCUT2D eigenvalue weighted by molar-refractivity contribution is 5.86. The highest BCUT2D eigenvalue weighted by Gasteiger charge is 2.04. The molecule has 0 spiro atoms. The lowest BCUT2D eigenvalue weighted by molar-refractivity contribution is 0.249. The predicted molar refractivity (Wildman–Crippen MR) is 120 cm³/mol. The molecule has 10 nitrogen and oxygen atoms in total. The van der Waals surface area contributed by atoms with Crippen molar-refractivity contribution in [1.82, 2.24) is 10.0 Å². The number of hydrogen-bond donors (Lipinski definition) is 6. The maximum atomic E-state index is 5.50. The average Bonchev–Trinajstić information content (AvgIpc) is 2.44. The van der Waals surface area contributed by atoms with E-state index in [4.69, 9.17) is 34.4 Å². The lowest BCUT2D eigenvalue weighted by Gasteiger charge is -2.21. The van der Waals surface area contributed by atoms with Crippen LogP contribution in [0.15, 0.2) is 10.2 Å². The summed E-state index contributed by atoms with van der Waals surface area (Å²) in [4.78, 5) is 0. The third-order valence-corrected chi connectivity index (χ3v) is 2.84. The van der Waals surface area contributed by atoms with Crippen LogP contribution < -0.4 is 34.4 Å². The molecule has 0 fully saturated rings. The van der Waals surface area contributed by atoms with Gasteiger partial charge in [-0.15, -0.1) is 59.8 Å². The maximum absolute atomic E-state index is 5.50. The summed E-state index contributed by atoms with van der Waals surface area (Å²) >= 11 is 0. The molecule has 14 heteroatoms. The zero-order valence-electron chi connectivity index (χ0n) is 15.0. The van der Waals surface area contributed by atoms with Crippen LogP contribution in [0, 0.1) is 0 Å². The van der Waals surface area contributed by atoms with Gasteiger partial charge < -0.3 is 34.4 Å². The van der Waals surface area contributed by atoms with Gasteiger partial charge in [0.2, 0.25) is 11.9 Å². The predicted octanol–water partition coefficient (Wildman–Crippen LogP) is -0.868. The lowest BCUT2D eigenvalue weighted by Crippen LogP contribution is -2.32. The second kappa shape index (κ2) is 24.2. The van der Waals surface area contributed by atoms with Crippen LogP contribution in [-0.4, -0.2) is 61.2 Å². The van der Waals surface area contributed by atoms with Crippen LogP contribution >= 0.6 is 49.6 Å². The van der Waals surface area contributed by atoms with E-state index in [0.29, 0.717) is 13.1 Å². The summed E-state index contributed by atoms with van der Waals surface area (Å²) in [6.07, 6.45) is 3.52. The van der Waals surface area contributed by atoms with E-state index < -0.39 is 0 Å². The molecule has 0 aliphatic rings. The van der Waals surface area contributed by atoms with Gasteiger partial charge in [0.1, 0.15) is 0 Å². The summed E-state index contributed by atoms with van der Waals surface area (Å²) < 4.78 is 0. The molecule has 0 aromatic carbocycles. The van der Waals surface area contributed by atoms with Crippen molar-refractivity contribution in [3.63, 3.8) is 0 Å². The van der Waals surface area contributed by atoms with Gasteiger partial charge in [-0.1, -0.05) is 0 Å². The van der Waals surface area contributed by atoms with Gasteiger partial charge in [-0.05, 0) is 38.8 Å². The highest BCUT2D eigenvalue weighted by Crippen LogP contribution is 2.01. The van der Waals surface area contributed by atoms with Crippen LogP contribution in [0.4, 0.5) is 0 Å².